The van der Waals surface area contributed by atoms with Crippen LogP contribution in [0.15, 0.2) is 30.3 Å². The molecule has 2 bridgehead atoms. The Kier molecular flexibility index (Phi) is 4.84. The molecule has 32 heavy (non-hydrogen) atoms. The van der Waals surface area contributed by atoms with E-state index >= 15 is 0 Å². The normalized spacial score (nSPS) is 22.3. The lowest BCUT2D eigenvalue weighted by Gasteiger charge is -2.37. The minimum atomic E-state index is -0.399. The van der Waals surface area contributed by atoms with Gasteiger partial charge in [-0.3, -0.25) is 0 Å². The second-order valence-electron chi connectivity index (χ2n) is 8.91. The molecule has 6 rings (SSSR count). The van der Waals surface area contributed by atoms with Gasteiger partial charge >= 0.3 is 6.01 Å². The van der Waals surface area contributed by atoms with Gasteiger partial charge in [0.15, 0.2) is 0 Å². The van der Waals surface area contributed by atoms with Crippen LogP contribution in [0, 0.1) is 5.82 Å². The number of nitrogens with zero attached hydrogens (tertiary/aromatic N) is 4. The zero-order valence-corrected chi connectivity index (χ0v) is 18.7. The van der Waals surface area contributed by atoms with E-state index in [0.29, 0.717) is 24.6 Å². The van der Waals surface area contributed by atoms with Crippen LogP contribution in [-0.2, 0) is 13.0 Å². The van der Waals surface area contributed by atoms with E-state index in [2.05, 4.69) is 15.1 Å². The number of piperazine rings is 1. The van der Waals surface area contributed by atoms with Crippen LogP contribution >= 0.6 is 11.6 Å². The first-order chi connectivity index (χ1) is 15.6. The minimum Gasteiger partial charge on any atom is -0.467 e. The van der Waals surface area contributed by atoms with Gasteiger partial charge in [-0.15, -0.1) is 0 Å². The Bertz CT molecular complexity index is 1190. The Hall–Kier alpha value is -2.64. The van der Waals surface area contributed by atoms with Crippen LogP contribution in [0.1, 0.15) is 24.1 Å². The van der Waals surface area contributed by atoms with Crippen LogP contribution in [0.2, 0.25) is 5.02 Å². The zero-order valence-electron chi connectivity index (χ0n) is 17.9. The number of methoxy groups -OCH3 is 1. The highest BCUT2D eigenvalue weighted by Crippen LogP contribution is 2.38. The van der Waals surface area contributed by atoms with Gasteiger partial charge in [-0.1, -0.05) is 29.8 Å². The summed E-state index contributed by atoms with van der Waals surface area (Å²) in [4.78, 5) is 14.1. The van der Waals surface area contributed by atoms with Crippen LogP contribution < -0.4 is 19.9 Å². The van der Waals surface area contributed by atoms with E-state index < -0.39 is 5.82 Å². The van der Waals surface area contributed by atoms with Crippen LogP contribution in [0.4, 0.5) is 15.9 Å². The molecule has 2 aromatic carbocycles. The molecule has 1 N–H and O–H groups in total. The van der Waals surface area contributed by atoms with Crippen molar-refractivity contribution in [2.75, 3.05) is 36.5 Å². The Balaban J connectivity index is 1.39. The van der Waals surface area contributed by atoms with Gasteiger partial charge in [0.05, 0.1) is 24.4 Å². The van der Waals surface area contributed by atoms with E-state index in [0.717, 1.165) is 54.0 Å². The van der Waals surface area contributed by atoms with Crippen molar-refractivity contribution in [3.63, 3.8) is 0 Å². The summed E-state index contributed by atoms with van der Waals surface area (Å²) < 4.78 is 19.7. The fourth-order valence-corrected chi connectivity index (χ4v) is 5.74. The molecule has 2 atom stereocenters. The molecular formula is C24H25ClFN5O. The molecule has 0 spiro atoms. The third-order valence-electron chi connectivity index (χ3n) is 6.98. The number of nitrogens with one attached hydrogen (secondary N) is 1. The highest BCUT2D eigenvalue weighted by atomic mass is 35.5. The van der Waals surface area contributed by atoms with Gasteiger partial charge in [-0.25, -0.2) is 4.39 Å². The summed E-state index contributed by atoms with van der Waals surface area (Å²) in [6.45, 7) is 3.32. The Labute approximate surface area is 191 Å². The maximum atomic E-state index is 14.3. The second kappa shape index (κ2) is 7.74. The molecule has 0 aliphatic carbocycles. The maximum Gasteiger partial charge on any atom is 0.318 e. The first-order valence-electron chi connectivity index (χ1n) is 11.2. The van der Waals surface area contributed by atoms with Gasteiger partial charge in [0.25, 0.3) is 0 Å². The fourth-order valence-electron chi connectivity index (χ4n) is 5.47. The summed E-state index contributed by atoms with van der Waals surface area (Å²) >= 11 is 6.40. The summed E-state index contributed by atoms with van der Waals surface area (Å²) in [5.41, 5.74) is 3.09. The van der Waals surface area contributed by atoms with Crippen LogP contribution in [-0.4, -0.2) is 48.8 Å². The minimum absolute atomic E-state index is 0.168. The largest absolute Gasteiger partial charge is 0.467 e. The topological polar surface area (TPSA) is 53.5 Å². The first kappa shape index (κ1) is 20.0. The third-order valence-corrected chi connectivity index (χ3v) is 7.34. The van der Waals surface area contributed by atoms with Crippen molar-refractivity contribution in [1.29, 1.82) is 0 Å². The summed E-state index contributed by atoms with van der Waals surface area (Å²) in [6.07, 6.45) is 3.26. The smallest absolute Gasteiger partial charge is 0.318 e. The van der Waals surface area contributed by atoms with Crippen molar-refractivity contribution in [3.8, 4) is 6.01 Å². The van der Waals surface area contributed by atoms with Gasteiger partial charge in [-0.05, 0) is 36.8 Å². The zero-order chi connectivity index (χ0) is 21.8. The molecule has 166 valence electrons. The molecule has 3 aromatic rings. The monoisotopic (exact) mass is 453 g/mol. The molecule has 4 heterocycles. The fraction of sp³-hybridized carbons (Fsp3) is 0.417. The molecule has 2 fully saturated rings. The molecule has 6 nitrogen and oxygen atoms in total. The molecule has 0 amide bonds. The Morgan fingerprint density at radius 2 is 1.91 bits per heavy atom. The van der Waals surface area contributed by atoms with E-state index in [1.54, 1.807) is 13.2 Å². The van der Waals surface area contributed by atoms with Crippen molar-refractivity contribution in [3.05, 3.63) is 52.4 Å². The van der Waals surface area contributed by atoms with Crippen molar-refractivity contribution < 1.29 is 9.13 Å². The lowest BCUT2D eigenvalue weighted by atomic mass is 10.0. The Morgan fingerprint density at radius 1 is 1.09 bits per heavy atom. The van der Waals surface area contributed by atoms with Gasteiger partial charge in [-0.2, -0.15) is 9.97 Å². The van der Waals surface area contributed by atoms with E-state index in [4.69, 9.17) is 26.3 Å². The maximum absolute atomic E-state index is 14.3. The number of benzene rings is 2. The predicted molar refractivity (Wildman–Crippen MR) is 124 cm³/mol. The highest BCUT2D eigenvalue weighted by Gasteiger charge is 2.35. The van der Waals surface area contributed by atoms with Gasteiger partial charge in [0.2, 0.25) is 0 Å². The number of anilines is 2. The SMILES string of the molecule is COc1nc2c(c(N3CC4CCC(C3)N4)n1)CCN(c1cccc3ccc(F)c(Cl)c13)C2. The quantitative estimate of drug-likeness (QED) is 0.648. The summed E-state index contributed by atoms with van der Waals surface area (Å²) in [5.74, 6) is 0.607. The van der Waals surface area contributed by atoms with Crippen LogP contribution in [0.3, 0.4) is 0 Å². The number of halogens is 2. The lowest BCUT2D eigenvalue weighted by molar-refractivity contribution is 0.374. The summed E-state index contributed by atoms with van der Waals surface area (Å²) in [7, 11) is 1.61. The molecule has 0 saturated carbocycles. The average molecular weight is 454 g/mol. The molecule has 3 aliphatic heterocycles. The number of hydrogen-bond acceptors (Lipinski definition) is 6. The first-order valence-corrected chi connectivity index (χ1v) is 11.5. The van der Waals surface area contributed by atoms with Gasteiger partial charge in [0, 0.05) is 48.4 Å². The summed E-state index contributed by atoms with van der Waals surface area (Å²) in [5, 5.41) is 5.53. The third kappa shape index (κ3) is 3.26. The average Bonchev–Trinajstić information content (AvgIpc) is 3.17. The van der Waals surface area contributed by atoms with Crippen molar-refractivity contribution in [2.45, 2.75) is 37.9 Å². The number of ether oxygens (including phenoxy) is 1. The summed E-state index contributed by atoms with van der Waals surface area (Å²) in [6, 6.07) is 10.6. The Morgan fingerprint density at radius 3 is 2.69 bits per heavy atom. The number of fused-ring (bicyclic) bond motifs is 4. The molecular weight excluding hydrogens is 429 g/mol. The standard InChI is InChI=1S/C24H25ClFN5O/c1-32-24-28-19-13-30(20-4-2-3-14-5-8-18(26)22(25)21(14)20)10-9-17(19)23(29-24)31-11-15-6-7-16(12-31)27-15/h2-5,8,15-16,27H,6-7,9-13H2,1H3. The van der Waals surface area contributed by atoms with E-state index in [9.17, 15) is 4.39 Å². The number of hydrogen-bond donors (Lipinski definition) is 1. The van der Waals surface area contributed by atoms with Crippen LogP contribution in [0.25, 0.3) is 10.8 Å². The predicted octanol–water partition coefficient (Wildman–Crippen LogP) is 3.93. The van der Waals surface area contributed by atoms with Gasteiger partial charge < -0.3 is 19.9 Å². The van der Waals surface area contributed by atoms with Crippen LogP contribution in [0.5, 0.6) is 6.01 Å². The molecule has 2 saturated heterocycles. The number of rotatable bonds is 3. The lowest BCUT2D eigenvalue weighted by Crippen LogP contribution is -2.52. The van der Waals surface area contributed by atoms with E-state index in [1.807, 2.05) is 18.2 Å². The van der Waals surface area contributed by atoms with E-state index in [1.165, 1.54) is 24.5 Å². The number of aromatic nitrogens is 2. The van der Waals surface area contributed by atoms with Crippen molar-refractivity contribution in [1.82, 2.24) is 15.3 Å². The molecule has 3 aliphatic rings. The molecule has 8 heteroatoms. The van der Waals surface area contributed by atoms with Crippen molar-refractivity contribution in [2.24, 2.45) is 0 Å². The molecule has 0 radical (unpaired) electrons. The molecule has 2 unspecified atom stereocenters. The van der Waals surface area contributed by atoms with E-state index in [-0.39, 0.29) is 5.02 Å². The molecule has 1 aromatic heterocycles. The second-order valence-corrected chi connectivity index (χ2v) is 9.29. The van der Waals surface area contributed by atoms with Crippen molar-refractivity contribution >= 4 is 33.9 Å². The van der Waals surface area contributed by atoms with Gasteiger partial charge in [0.1, 0.15) is 11.6 Å². The highest BCUT2D eigenvalue weighted by molar-refractivity contribution is 6.36.